The van der Waals surface area contributed by atoms with Crippen LogP contribution in [0.3, 0.4) is 0 Å². The van der Waals surface area contributed by atoms with E-state index in [-0.39, 0.29) is 11.5 Å². The summed E-state index contributed by atoms with van der Waals surface area (Å²) in [4.78, 5) is 21.7. The third-order valence-electron chi connectivity index (χ3n) is 2.29. The predicted octanol–water partition coefficient (Wildman–Crippen LogP) is -1.05. The highest BCUT2D eigenvalue weighted by Gasteiger charge is 2.29. The molecule has 1 unspecified atom stereocenters. The minimum absolute atomic E-state index is 0.0619. The van der Waals surface area contributed by atoms with Gasteiger partial charge in [0.25, 0.3) is 0 Å². The molecule has 0 saturated carbocycles. The van der Waals surface area contributed by atoms with Crippen molar-refractivity contribution >= 4 is 21.8 Å². The minimum atomic E-state index is -3.04. The number of carbonyl (C=O) groups is 2. The van der Waals surface area contributed by atoms with E-state index >= 15 is 0 Å². The minimum Gasteiger partial charge on any atom is -0.480 e. The third-order valence-corrected chi connectivity index (χ3v) is 4.05. The van der Waals surface area contributed by atoms with Crippen LogP contribution in [0.2, 0.25) is 0 Å². The molecule has 92 valence electrons. The summed E-state index contributed by atoms with van der Waals surface area (Å²) in [6, 6.07) is -2.08. The quantitative estimate of drug-likeness (QED) is 0.591. The van der Waals surface area contributed by atoms with Crippen LogP contribution in [0.15, 0.2) is 0 Å². The van der Waals surface area contributed by atoms with E-state index in [0.717, 1.165) is 0 Å². The van der Waals surface area contributed by atoms with Crippen molar-refractivity contribution in [1.82, 2.24) is 10.6 Å². The van der Waals surface area contributed by atoms with Crippen LogP contribution < -0.4 is 10.6 Å². The standard InChI is InChI=1S/C8H14N2O5S/c1-5(7(11)12)9-8(13)10-6-2-3-16(14,15)4-6/h5-6H,2-4H2,1H3,(H,11,12)(H2,9,10,13)/t5-,6?/m0/s1. The molecule has 0 aromatic carbocycles. The first-order valence-corrected chi connectivity index (χ1v) is 6.62. The average Bonchev–Trinajstić information content (AvgIpc) is 2.44. The van der Waals surface area contributed by atoms with Gasteiger partial charge in [-0.1, -0.05) is 0 Å². The molecule has 0 radical (unpaired) electrons. The fourth-order valence-corrected chi connectivity index (χ4v) is 3.07. The van der Waals surface area contributed by atoms with E-state index in [4.69, 9.17) is 5.11 Å². The molecule has 0 aliphatic carbocycles. The Morgan fingerprint density at radius 1 is 1.44 bits per heavy atom. The highest BCUT2D eigenvalue weighted by atomic mass is 32.2. The molecule has 2 atom stereocenters. The molecule has 1 heterocycles. The molecule has 0 bridgehead atoms. The summed E-state index contributed by atoms with van der Waals surface area (Å²) < 4.78 is 22.2. The maximum absolute atomic E-state index is 11.2. The van der Waals surface area contributed by atoms with Gasteiger partial charge >= 0.3 is 12.0 Å². The fraction of sp³-hybridized carbons (Fsp3) is 0.750. The van der Waals surface area contributed by atoms with Crippen molar-refractivity contribution in [2.75, 3.05) is 11.5 Å². The van der Waals surface area contributed by atoms with Gasteiger partial charge in [-0.25, -0.2) is 13.2 Å². The molecule has 0 aromatic heterocycles. The summed E-state index contributed by atoms with van der Waals surface area (Å²) in [5.74, 6) is -1.16. The molecule has 1 aliphatic heterocycles. The van der Waals surface area contributed by atoms with Crippen LogP contribution in [-0.4, -0.2) is 49.1 Å². The van der Waals surface area contributed by atoms with Crippen LogP contribution in [0.5, 0.6) is 0 Å². The van der Waals surface area contributed by atoms with E-state index in [1.807, 2.05) is 0 Å². The smallest absolute Gasteiger partial charge is 0.325 e. The highest BCUT2D eigenvalue weighted by molar-refractivity contribution is 7.91. The Morgan fingerprint density at radius 3 is 2.50 bits per heavy atom. The van der Waals surface area contributed by atoms with Gasteiger partial charge in [0.1, 0.15) is 6.04 Å². The zero-order chi connectivity index (χ0) is 12.3. The van der Waals surface area contributed by atoms with Crippen molar-refractivity contribution in [2.24, 2.45) is 0 Å². The van der Waals surface area contributed by atoms with Gasteiger partial charge in [0, 0.05) is 6.04 Å². The Labute approximate surface area is 93.1 Å². The molecule has 0 spiro atoms. The SMILES string of the molecule is C[C@H](NC(=O)NC1CCS(=O)(=O)C1)C(=O)O. The van der Waals surface area contributed by atoms with Crippen LogP contribution in [0.4, 0.5) is 4.79 Å². The first kappa shape index (κ1) is 12.8. The van der Waals surface area contributed by atoms with E-state index in [1.54, 1.807) is 0 Å². The molecule has 1 rings (SSSR count). The maximum Gasteiger partial charge on any atom is 0.325 e. The second-order valence-electron chi connectivity index (χ2n) is 3.78. The van der Waals surface area contributed by atoms with Gasteiger partial charge in [0.15, 0.2) is 9.84 Å². The summed E-state index contributed by atoms with van der Waals surface area (Å²) in [6.07, 6.45) is 0.372. The van der Waals surface area contributed by atoms with Crippen LogP contribution in [0.25, 0.3) is 0 Å². The predicted molar refractivity (Wildman–Crippen MR) is 55.8 cm³/mol. The zero-order valence-electron chi connectivity index (χ0n) is 8.76. The topological polar surface area (TPSA) is 113 Å². The van der Waals surface area contributed by atoms with Crippen molar-refractivity contribution in [3.05, 3.63) is 0 Å². The Kier molecular flexibility index (Phi) is 3.74. The van der Waals surface area contributed by atoms with E-state index in [9.17, 15) is 18.0 Å². The molecule has 0 aromatic rings. The third kappa shape index (κ3) is 3.69. The molecule has 3 N–H and O–H groups in total. The van der Waals surface area contributed by atoms with E-state index < -0.39 is 33.9 Å². The van der Waals surface area contributed by atoms with Gasteiger partial charge in [0.05, 0.1) is 11.5 Å². The number of nitrogens with one attached hydrogen (secondary N) is 2. The van der Waals surface area contributed by atoms with E-state index in [1.165, 1.54) is 6.92 Å². The largest absolute Gasteiger partial charge is 0.480 e. The molecule has 2 amide bonds. The van der Waals surface area contributed by atoms with Gasteiger partial charge in [0.2, 0.25) is 0 Å². The lowest BCUT2D eigenvalue weighted by Gasteiger charge is -2.14. The second kappa shape index (κ2) is 4.69. The molecule has 1 fully saturated rings. The number of amides is 2. The zero-order valence-corrected chi connectivity index (χ0v) is 9.58. The van der Waals surface area contributed by atoms with Gasteiger partial charge in [-0.05, 0) is 13.3 Å². The summed E-state index contributed by atoms with van der Waals surface area (Å²) in [5.41, 5.74) is 0. The van der Waals surface area contributed by atoms with E-state index in [2.05, 4.69) is 10.6 Å². The first-order chi connectivity index (χ1) is 7.30. The van der Waals surface area contributed by atoms with Crippen LogP contribution in [0.1, 0.15) is 13.3 Å². The van der Waals surface area contributed by atoms with Crippen molar-refractivity contribution in [3.8, 4) is 0 Å². The number of carboxylic acids is 1. The Balaban J connectivity index is 2.39. The van der Waals surface area contributed by atoms with Gasteiger partial charge < -0.3 is 15.7 Å². The number of aliphatic carboxylic acids is 1. The Morgan fingerprint density at radius 2 is 2.06 bits per heavy atom. The number of sulfone groups is 1. The number of rotatable bonds is 3. The normalized spacial score (nSPS) is 24.7. The molecule has 8 heteroatoms. The highest BCUT2D eigenvalue weighted by Crippen LogP contribution is 2.10. The Hall–Kier alpha value is -1.31. The van der Waals surface area contributed by atoms with Crippen molar-refractivity contribution in [3.63, 3.8) is 0 Å². The lowest BCUT2D eigenvalue weighted by atomic mass is 10.3. The van der Waals surface area contributed by atoms with E-state index in [0.29, 0.717) is 6.42 Å². The van der Waals surface area contributed by atoms with Gasteiger partial charge in [-0.3, -0.25) is 4.79 Å². The summed E-state index contributed by atoms with van der Waals surface area (Å²) in [7, 11) is -3.04. The fourth-order valence-electron chi connectivity index (χ4n) is 1.39. The molecular formula is C8H14N2O5S. The van der Waals surface area contributed by atoms with Crippen LogP contribution in [0, 0.1) is 0 Å². The summed E-state index contributed by atoms with van der Waals surface area (Å²) in [6.45, 7) is 1.33. The van der Waals surface area contributed by atoms with Crippen molar-refractivity contribution in [2.45, 2.75) is 25.4 Å². The average molecular weight is 250 g/mol. The molecular weight excluding hydrogens is 236 g/mol. The summed E-state index contributed by atoms with van der Waals surface area (Å²) in [5, 5.41) is 13.2. The van der Waals surface area contributed by atoms with Crippen molar-refractivity contribution in [1.29, 1.82) is 0 Å². The Bertz CT molecular complexity index is 391. The molecule has 16 heavy (non-hydrogen) atoms. The number of carboxylic acid groups (broad SMARTS) is 1. The molecule has 7 nitrogen and oxygen atoms in total. The maximum atomic E-state index is 11.2. The van der Waals surface area contributed by atoms with Crippen LogP contribution in [-0.2, 0) is 14.6 Å². The number of hydrogen-bond donors (Lipinski definition) is 3. The lowest BCUT2D eigenvalue weighted by Crippen LogP contribution is -2.48. The summed E-state index contributed by atoms with van der Waals surface area (Å²) >= 11 is 0. The molecule has 1 aliphatic rings. The number of hydrogen-bond acceptors (Lipinski definition) is 4. The second-order valence-corrected chi connectivity index (χ2v) is 6.01. The van der Waals surface area contributed by atoms with Crippen molar-refractivity contribution < 1.29 is 23.1 Å². The van der Waals surface area contributed by atoms with Crippen LogP contribution >= 0.6 is 0 Å². The van der Waals surface area contributed by atoms with Gasteiger partial charge in [-0.15, -0.1) is 0 Å². The first-order valence-electron chi connectivity index (χ1n) is 4.80. The number of urea groups is 1. The van der Waals surface area contributed by atoms with Gasteiger partial charge in [-0.2, -0.15) is 0 Å². The monoisotopic (exact) mass is 250 g/mol. The lowest BCUT2D eigenvalue weighted by molar-refractivity contribution is -0.138. The number of carbonyl (C=O) groups excluding carboxylic acids is 1. The molecule has 1 saturated heterocycles.